The van der Waals surface area contributed by atoms with Crippen LogP contribution in [0.1, 0.15) is 18.4 Å². The molecule has 0 aromatic heterocycles. The molecular weight excluding hydrogens is 212 g/mol. The van der Waals surface area contributed by atoms with Gasteiger partial charge in [-0.2, -0.15) is 0 Å². The summed E-state index contributed by atoms with van der Waals surface area (Å²) in [7, 11) is 0. The molecule has 0 saturated carbocycles. The van der Waals surface area contributed by atoms with Gasteiger partial charge in [-0.1, -0.05) is 12.1 Å². The van der Waals surface area contributed by atoms with Gasteiger partial charge in [-0.25, -0.2) is 8.78 Å². The molecular formula is C12H13F2NO. The fraction of sp³-hybridized carbons (Fsp3) is 0.417. The van der Waals surface area contributed by atoms with Gasteiger partial charge < -0.3 is 10.1 Å². The van der Waals surface area contributed by atoms with Gasteiger partial charge in [-0.15, -0.1) is 0 Å². The molecule has 0 atom stereocenters. The minimum absolute atomic E-state index is 0.184. The molecule has 0 aliphatic carbocycles. The lowest BCUT2D eigenvalue weighted by atomic mass is 9.74. The van der Waals surface area contributed by atoms with Gasteiger partial charge in [0.1, 0.15) is 6.29 Å². The summed E-state index contributed by atoms with van der Waals surface area (Å²) >= 11 is 0. The Balaban J connectivity index is 2.47. The van der Waals surface area contributed by atoms with Gasteiger partial charge in [0.2, 0.25) is 0 Å². The summed E-state index contributed by atoms with van der Waals surface area (Å²) in [6.45, 7) is 1.30. The monoisotopic (exact) mass is 225 g/mol. The van der Waals surface area contributed by atoms with Gasteiger partial charge >= 0.3 is 0 Å². The first-order valence-electron chi connectivity index (χ1n) is 5.31. The third kappa shape index (κ3) is 1.73. The van der Waals surface area contributed by atoms with Crippen LogP contribution in [-0.2, 0) is 10.2 Å². The Hall–Kier alpha value is -1.29. The van der Waals surface area contributed by atoms with E-state index in [1.54, 1.807) is 0 Å². The summed E-state index contributed by atoms with van der Waals surface area (Å²) in [5.74, 6) is -1.78. The van der Waals surface area contributed by atoms with Crippen molar-refractivity contribution in [3.63, 3.8) is 0 Å². The maximum atomic E-state index is 13.7. The van der Waals surface area contributed by atoms with E-state index >= 15 is 0 Å². The topological polar surface area (TPSA) is 29.1 Å². The zero-order valence-corrected chi connectivity index (χ0v) is 8.80. The first-order valence-corrected chi connectivity index (χ1v) is 5.31. The van der Waals surface area contributed by atoms with E-state index in [0.29, 0.717) is 25.9 Å². The van der Waals surface area contributed by atoms with E-state index in [2.05, 4.69) is 5.32 Å². The quantitative estimate of drug-likeness (QED) is 0.777. The van der Waals surface area contributed by atoms with Crippen molar-refractivity contribution in [3.05, 3.63) is 35.4 Å². The molecule has 1 aromatic carbocycles. The van der Waals surface area contributed by atoms with Crippen molar-refractivity contribution in [1.29, 1.82) is 0 Å². The lowest BCUT2D eigenvalue weighted by Crippen LogP contribution is -2.41. The summed E-state index contributed by atoms with van der Waals surface area (Å²) in [5, 5.41) is 3.10. The number of piperidine rings is 1. The standard InChI is InChI=1S/C12H13F2NO/c13-10-3-1-2-9(11(10)14)12(8-16)4-6-15-7-5-12/h1-3,8,15H,4-7H2. The first kappa shape index (κ1) is 11.2. The highest BCUT2D eigenvalue weighted by molar-refractivity contribution is 5.69. The predicted molar refractivity (Wildman–Crippen MR) is 56.2 cm³/mol. The van der Waals surface area contributed by atoms with E-state index in [9.17, 15) is 13.6 Å². The summed E-state index contributed by atoms with van der Waals surface area (Å²) in [4.78, 5) is 11.2. The fourth-order valence-corrected chi connectivity index (χ4v) is 2.21. The molecule has 1 aliphatic rings. The normalized spacial score (nSPS) is 19.4. The van der Waals surface area contributed by atoms with E-state index in [1.165, 1.54) is 12.1 Å². The van der Waals surface area contributed by atoms with Crippen LogP contribution < -0.4 is 5.32 Å². The van der Waals surface area contributed by atoms with Gasteiger partial charge in [-0.05, 0) is 32.0 Å². The Morgan fingerprint density at radius 1 is 1.25 bits per heavy atom. The first-order chi connectivity index (χ1) is 7.69. The second-order valence-electron chi connectivity index (χ2n) is 4.13. The molecule has 2 rings (SSSR count). The number of carbonyl (C=O) groups is 1. The van der Waals surface area contributed by atoms with Crippen molar-refractivity contribution in [2.24, 2.45) is 0 Å². The maximum Gasteiger partial charge on any atom is 0.163 e. The summed E-state index contributed by atoms with van der Waals surface area (Å²) in [6.07, 6.45) is 1.78. The molecule has 1 aromatic rings. The van der Waals surface area contributed by atoms with Gasteiger partial charge in [0.25, 0.3) is 0 Å². The van der Waals surface area contributed by atoms with Crippen LogP contribution in [0.2, 0.25) is 0 Å². The largest absolute Gasteiger partial charge is 0.317 e. The summed E-state index contributed by atoms with van der Waals surface area (Å²) in [6, 6.07) is 4.01. The van der Waals surface area contributed by atoms with Gasteiger partial charge in [0, 0.05) is 5.56 Å². The molecule has 1 aliphatic heterocycles. The van der Waals surface area contributed by atoms with Gasteiger partial charge in [-0.3, -0.25) is 0 Å². The second-order valence-corrected chi connectivity index (χ2v) is 4.13. The number of hydrogen-bond donors (Lipinski definition) is 1. The summed E-state index contributed by atoms with van der Waals surface area (Å²) in [5.41, 5.74) is -0.679. The molecule has 16 heavy (non-hydrogen) atoms. The molecule has 1 heterocycles. The van der Waals surface area contributed by atoms with Crippen molar-refractivity contribution in [2.75, 3.05) is 13.1 Å². The van der Waals surface area contributed by atoms with Crippen LogP contribution in [0.4, 0.5) is 8.78 Å². The van der Waals surface area contributed by atoms with E-state index in [-0.39, 0.29) is 5.56 Å². The zero-order chi connectivity index (χ0) is 11.6. The van der Waals surface area contributed by atoms with Crippen LogP contribution >= 0.6 is 0 Å². The molecule has 0 spiro atoms. The van der Waals surface area contributed by atoms with Gasteiger partial charge in [0.05, 0.1) is 5.41 Å². The minimum atomic E-state index is -0.892. The number of benzene rings is 1. The Kier molecular flexibility index (Phi) is 3.01. The highest BCUT2D eigenvalue weighted by Gasteiger charge is 2.36. The van der Waals surface area contributed by atoms with E-state index in [4.69, 9.17) is 0 Å². The lowest BCUT2D eigenvalue weighted by Gasteiger charge is -2.33. The number of aldehydes is 1. The molecule has 0 radical (unpaired) electrons. The van der Waals surface area contributed by atoms with Crippen LogP contribution in [0.5, 0.6) is 0 Å². The SMILES string of the molecule is O=CC1(c2cccc(F)c2F)CCNCC1. The third-order valence-corrected chi connectivity index (χ3v) is 3.21. The Morgan fingerprint density at radius 3 is 2.56 bits per heavy atom. The average molecular weight is 225 g/mol. The van der Waals surface area contributed by atoms with E-state index in [1.807, 2.05) is 0 Å². The summed E-state index contributed by atoms with van der Waals surface area (Å²) < 4.78 is 26.8. The fourth-order valence-electron chi connectivity index (χ4n) is 2.21. The molecule has 0 amide bonds. The molecule has 1 N–H and O–H groups in total. The second kappa shape index (κ2) is 4.29. The van der Waals surface area contributed by atoms with Crippen molar-refractivity contribution in [3.8, 4) is 0 Å². The Labute approximate surface area is 92.7 Å². The van der Waals surface area contributed by atoms with E-state index < -0.39 is 17.0 Å². The Bertz CT molecular complexity index is 400. The van der Waals surface area contributed by atoms with Crippen LogP contribution in [0.3, 0.4) is 0 Å². The minimum Gasteiger partial charge on any atom is -0.317 e. The van der Waals surface area contributed by atoms with Crippen molar-refractivity contribution in [1.82, 2.24) is 5.32 Å². The van der Waals surface area contributed by atoms with Crippen LogP contribution in [-0.4, -0.2) is 19.4 Å². The number of halogens is 2. The highest BCUT2D eigenvalue weighted by Crippen LogP contribution is 2.33. The molecule has 0 unspecified atom stereocenters. The highest BCUT2D eigenvalue weighted by atomic mass is 19.2. The third-order valence-electron chi connectivity index (χ3n) is 3.21. The number of nitrogens with one attached hydrogen (secondary N) is 1. The van der Waals surface area contributed by atoms with Crippen LogP contribution in [0.15, 0.2) is 18.2 Å². The maximum absolute atomic E-state index is 13.7. The molecule has 1 fully saturated rings. The van der Waals surface area contributed by atoms with Crippen molar-refractivity contribution < 1.29 is 13.6 Å². The Morgan fingerprint density at radius 2 is 1.94 bits per heavy atom. The number of hydrogen-bond acceptors (Lipinski definition) is 2. The van der Waals surface area contributed by atoms with Crippen molar-refractivity contribution >= 4 is 6.29 Å². The number of carbonyl (C=O) groups excluding carboxylic acids is 1. The zero-order valence-electron chi connectivity index (χ0n) is 8.80. The smallest absolute Gasteiger partial charge is 0.163 e. The van der Waals surface area contributed by atoms with Gasteiger partial charge in [0.15, 0.2) is 11.6 Å². The van der Waals surface area contributed by atoms with Crippen LogP contribution in [0, 0.1) is 11.6 Å². The lowest BCUT2D eigenvalue weighted by molar-refractivity contribution is -0.113. The van der Waals surface area contributed by atoms with Crippen molar-refractivity contribution in [2.45, 2.75) is 18.3 Å². The molecule has 1 saturated heterocycles. The van der Waals surface area contributed by atoms with Crippen LogP contribution in [0.25, 0.3) is 0 Å². The predicted octanol–water partition coefficient (Wildman–Crippen LogP) is 1.78. The molecule has 2 nitrogen and oxygen atoms in total. The molecule has 4 heteroatoms. The average Bonchev–Trinajstić information content (AvgIpc) is 2.33. The number of rotatable bonds is 2. The molecule has 0 bridgehead atoms. The van der Waals surface area contributed by atoms with E-state index in [0.717, 1.165) is 12.4 Å². The molecule has 86 valence electrons.